The number of aryl methyl sites for hydroxylation is 2. The maximum atomic E-state index is 9.09. The van der Waals surface area contributed by atoms with E-state index in [-0.39, 0.29) is 0 Å². The highest BCUT2D eigenvalue weighted by Crippen LogP contribution is 2.38. The largest absolute Gasteiger partial charge is 0.294 e. The molecule has 0 atom stereocenters. The van der Waals surface area contributed by atoms with E-state index in [4.69, 9.17) is 5.26 Å². The van der Waals surface area contributed by atoms with Crippen LogP contribution in [-0.2, 0) is 0 Å². The number of fused-ring (bicyclic) bond motifs is 1. The van der Waals surface area contributed by atoms with E-state index < -0.39 is 0 Å². The molecule has 0 unspecified atom stereocenters. The maximum Gasteiger partial charge on any atom is 0.160 e. The first kappa shape index (κ1) is 15.8. The van der Waals surface area contributed by atoms with Crippen LogP contribution in [0.25, 0.3) is 11.0 Å². The summed E-state index contributed by atoms with van der Waals surface area (Å²) < 4.78 is 0. The fraction of sp³-hybridized carbons (Fsp3) is 0.100. The van der Waals surface area contributed by atoms with Gasteiger partial charge in [-0.05, 0) is 49.7 Å². The van der Waals surface area contributed by atoms with Gasteiger partial charge in [-0.2, -0.15) is 10.4 Å². The second-order valence-electron chi connectivity index (χ2n) is 6.11. The van der Waals surface area contributed by atoms with Crippen LogP contribution in [0.15, 0.2) is 55.0 Å². The topological polar surface area (TPSA) is 81.5 Å². The van der Waals surface area contributed by atoms with Gasteiger partial charge >= 0.3 is 0 Å². The molecule has 6 nitrogen and oxygen atoms in total. The van der Waals surface area contributed by atoms with Gasteiger partial charge in [0.2, 0.25) is 0 Å². The molecular weight excluding hydrogens is 324 g/mol. The fourth-order valence-corrected chi connectivity index (χ4v) is 3.05. The van der Waals surface area contributed by atoms with Crippen molar-refractivity contribution in [1.82, 2.24) is 20.2 Å². The third kappa shape index (κ3) is 2.66. The third-order valence-electron chi connectivity index (χ3n) is 4.29. The summed E-state index contributed by atoms with van der Waals surface area (Å²) in [6, 6.07) is 15.9. The summed E-state index contributed by atoms with van der Waals surface area (Å²) in [6.07, 6.45) is 3.25. The van der Waals surface area contributed by atoms with Crippen molar-refractivity contribution in [1.29, 1.82) is 5.26 Å². The predicted octanol–water partition coefficient (Wildman–Crippen LogP) is 4.31. The zero-order chi connectivity index (χ0) is 18.1. The molecule has 0 aliphatic carbocycles. The molecule has 0 saturated carbocycles. The first-order valence-electron chi connectivity index (χ1n) is 8.19. The van der Waals surface area contributed by atoms with Crippen molar-refractivity contribution in [3.05, 3.63) is 71.7 Å². The summed E-state index contributed by atoms with van der Waals surface area (Å²) >= 11 is 0. The van der Waals surface area contributed by atoms with Crippen LogP contribution in [0, 0.1) is 25.2 Å². The van der Waals surface area contributed by atoms with Crippen LogP contribution in [-0.4, -0.2) is 20.2 Å². The lowest BCUT2D eigenvalue weighted by molar-refractivity contribution is 1.08. The van der Waals surface area contributed by atoms with Gasteiger partial charge in [0.15, 0.2) is 11.5 Å². The number of hydrogen-bond donors (Lipinski definition) is 1. The van der Waals surface area contributed by atoms with E-state index in [2.05, 4.69) is 63.2 Å². The standard InChI is InChI=1S/C20H16N6/c1-13-3-8-18(14(2)9-13)26(16-6-4-15(10-21)5-7-16)20-17-11-24-25-19(17)22-12-23-20/h3-9,11-12H,1-2H3,(H,22,23,24,25). The molecule has 0 spiro atoms. The van der Waals surface area contributed by atoms with Crippen molar-refractivity contribution in [2.75, 3.05) is 4.90 Å². The molecule has 0 aliphatic rings. The van der Waals surface area contributed by atoms with Gasteiger partial charge in [0.05, 0.1) is 28.9 Å². The number of H-pyrrole nitrogens is 1. The summed E-state index contributed by atoms with van der Waals surface area (Å²) in [4.78, 5) is 10.8. The average Bonchev–Trinajstić information content (AvgIpc) is 3.14. The van der Waals surface area contributed by atoms with Crippen LogP contribution in [0.3, 0.4) is 0 Å². The van der Waals surface area contributed by atoms with Gasteiger partial charge in [0, 0.05) is 5.69 Å². The first-order chi connectivity index (χ1) is 12.7. The second kappa shape index (κ2) is 6.30. The van der Waals surface area contributed by atoms with E-state index in [1.807, 2.05) is 12.1 Å². The first-order valence-corrected chi connectivity index (χ1v) is 8.19. The van der Waals surface area contributed by atoms with Crippen LogP contribution >= 0.6 is 0 Å². The fourth-order valence-electron chi connectivity index (χ4n) is 3.05. The number of aromatic amines is 1. The molecule has 2 aromatic heterocycles. The Hall–Kier alpha value is -3.72. The Balaban J connectivity index is 1.97. The van der Waals surface area contributed by atoms with Crippen molar-refractivity contribution in [2.45, 2.75) is 13.8 Å². The summed E-state index contributed by atoms with van der Waals surface area (Å²) in [5.41, 5.74) is 5.55. The van der Waals surface area contributed by atoms with E-state index >= 15 is 0 Å². The Bertz CT molecular complexity index is 1120. The van der Waals surface area contributed by atoms with Gasteiger partial charge in [-0.3, -0.25) is 10.00 Å². The minimum Gasteiger partial charge on any atom is -0.294 e. The smallest absolute Gasteiger partial charge is 0.160 e. The molecule has 1 N–H and O–H groups in total. The minimum absolute atomic E-state index is 0.616. The van der Waals surface area contributed by atoms with Crippen molar-refractivity contribution in [2.24, 2.45) is 0 Å². The molecule has 0 bridgehead atoms. The van der Waals surface area contributed by atoms with Crippen LogP contribution < -0.4 is 4.90 Å². The Morgan fingerprint density at radius 2 is 1.85 bits per heavy atom. The number of aromatic nitrogens is 4. The Morgan fingerprint density at radius 3 is 2.58 bits per heavy atom. The van der Waals surface area contributed by atoms with E-state index in [0.29, 0.717) is 11.2 Å². The lowest BCUT2D eigenvalue weighted by Gasteiger charge is -2.26. The Morgan fingerprint density at radius 1 is 1.04 bits per heavy atom. The van der Waals surface area contributed by atoms with Crippen LogP contribution in [0.4, 0.5) is 17.2 Å². The molecule has 26 heavy (non-hydrogen) atoms. The highest BCUT2D eigenvalue weighted by Gasteiger charge is 2.19. The average molecular weight is 340 g/mol. The van der Waals surface area contributed by atoms with E-state index in [1.165, 1.54) is 11.9 Å². The summed E-state index contributed by atoms with van der Waals surface area (Å²) in [6.45, 7) is 4.15. The van der Waals surface area contributed by atoms with Crippen molar-refractivity contribution < 1.29 is 0 Å². The summed E-state index contributed by atoms with van der Waals surface area (Å²) in [5.74, 6) is 0.736. The lowest BCUT2D eigenvalue weighted by Crippen LogP contribution is -2.13. The van der Waals surface area contributed by atoms with Crippen LogP contribution in [0.1, 0.15) is 16.7 Å². The number of anilines is 3. The summed E-state index contributed by atoms with van der Waals surface area (Å²) in [5, 5.41) is 16.9. The van der Waals surface area contributed by atoms with Crippen molar-refractivity contribution >= 4 is 28.2 Å². The molecule has 4 aromatic rings. The highest BCUT2D eigenvalue weighted by molar-refractivity contribution is 5.93. The summed E-state index contributed by atoms with van der Waals surface area (Å²) in [7, 11) is 0. The highest BCUT2D eigenvalue weighted by atomic mass is 15.2. The molecule has 4 rings (SSSR count). The van der Waals surface area contributed by atoms with Gasteiger partial charge in [-0.15, -0.1) is 0 Å². The molecule has 126 valence electrons. The number of hydrogen-bond acceptors (Lipinski definition) is 5. The molecule has 2 aromatic carbocycles. The van der Waals surface area contributed by atoms with Gasteiger partial charge in [-0.1, -0.05) is 17.7 Å². The monoisotopic (exact) mass is 340 g/mol. The molecule has 0 amide bonds. The SMILES string of the molecule is Cc1ccc(N(c2ccc(C#N)cc2)c2ncnc3[nH]ncc23)c(C)c1. The third-order valence-corrected chi connectivity index (χ3v) is 4.29. The quantitative estimate of drug-likeness (QED) is 0.601. The predicted molar refractivity (Wildman–Crippen MR) is 101 cm³/mol. The zero-order valence-corrected chi connectivity index (χ0v) is 14.4. The molecule has 0 aliphatic heterocycles. The minimum atomic E-state index is 0.616. The second-order valence-corrected chi connectivity index (χ2v) is 6.11. The number of nitrogens with zero attached hydrogens (tertiary/aromatic N) is 5. The van der Waals surface area contributed by atoms with E-state index in [0.717, 1.165) is 28.1 Å². The van der Waals surface area contributed by atoms with Crippen LogP contribution in [0.2, 0.25) is 0 Å². The normalized spacial score (nSPS) is 10.7. The number of nitriles is 1. The van der Waals surface area contributed by atoms with E-state index in [9.17, 15) is 0 Å². The molecule has 2 heterocycles. The van der Waals surface area contributed by atoms with Crippen LogP contribution in [0.5, 0.6) is 0 Å². The zero-order valence-electron chi connectivity index (χ0n) is 14.4. The van der Waals surface area contributed by atoms with Crippen molar-refractivity contribution in [3.8, 4) is 6.07 Å². The van der Waals surface area contributed by atoms with Gasteiger partial charge < -0.3 is 0 Å². The number of nitrogens with one attached hydrogen (secondary N) is 1. The Kier molecular flexibility index (Phi) is 3.82. The Labute approximate surface area is 150 Å². The molecule has 0 saturated heterocycles. The molecular formula is C20H16N6. The van der Waals surface area contributed by atoms with Gasteiger partial charge in [-0.25, -0.2) is 9.97 Å². The molecule has 0 fully saturated rings. The van der Waals surface area contributed by atoms with Crippen molar-refractivity contribution in [3.63, 3.8) is 0 Å². The molecule has 6 heteroatoms. The van der Waals surface area contributed by atoms with Gasteiger partial charge in [0.1, 0.15) is 6.33 Å². The lowest BCUT2D eigenvalue weighted by atomic mass is 10.1. The maximum absolute atomic E-state index is 9.09. The number of rotatable bonds is 3. The van der Waals surface area contributed by atoms with Gasteiger partial charge in [0.25, 0.3) is 0 Å². The number of benzene rings is 2. The molecule has 0 radical (unpaired) electrons. The van der Waals surface area contributed by atoms with E-state index in [1.54, 1.807) is 18.3 Å².